The molecule has 172 valence electrons. The summed E-state index contributed by atoms with van der Waals surface area (Å²) in [7, 11) is 0. The van der Waals surface area contributed by atoms with Gasteiger partial charge in [0.15, 0.2) is 0 Å². The number of anilines is 1. The van der Waals surface area contributed by atoms with Gasteiger partial charge in [-0.15, -0.1) is 0 Å². The summed E-state index contributed by atoms with van der Waals surface area (Å²) in [6, 6.07) is 16.2. The molecule has 1 unspecified atom stereocenters. The molecule has 5 rings (SSSR count). The molecule has 0 N–H and O–H groups in total. The molecule has 6 nitrogen and oxygen atoms in total. The number of hydrogen-bond acceptors (Lipinski definition) is 3. The van der Waals surface area contributed by atoms with E-state index in [1.54, 1.807) is 0 Å². The molecule has 0 spiro atoms. The number of imidazole rings is 1. The van der Waals surface area contributed by atoms with Crippen molar-refractivity contribution in [2.75, 3.05) is 24.5 Å². The number of nitrogens with zero attached hydrogens (tertiary/aromatic N) is 4. The molecular formula is C27H32N4O2. The first-order valence-corrected chi connectivity index (χ1v) is 12.2. The standard InChI is InChI=1S/C27H32N4O2/c1-3-20-8-10-22(11-9-20)30-17-21(16-25(30)32)27-28-23-6-4-5-7-24(23)31(27)18-26(33)29-14-12-19(2)13-15-29/h4-11,19,21H,3,12-18H2,1-2H3. The molecule has 2 aromatic carbocycles. The van der Waals surface area contributed by atoms with Crippen molar-refractivity contribution in [3.05, 3.63) is 59.9 Å². The lowest BCUT2D eigenvalue weighted by Gasteiger charge is -2.30. The van der Waals surface area contributed by atoms with Crippen LogP contribution in [0.3, 0.4) is 0 Å². The van der Waals surface area contributed by atoms with Gasteiger partial charge in [-0.1, -0.05) is 38.1 Å². The highest BCUT2D eigenvalue weighted by Gasteiger charge is 2.35. The number of fused-ring (bicyclic) bond motifs is 1. The van der Waals surface area contributed by atoms with Gasteiger partial charge in [-0.25, -0.2) is 4.98 Å². The minimum atomic E-state index is -0.0371. The maximum Gasteiger partial charge on any atom is 0.242 e. The van der Waals surface area contributed by atoms with E-state index in [4.69, 9.17) is 4.98 Å². The third-order valence-corrected chi connectivity index (χ3v) is 7.26. The smallest absolute Gasteiger partial charge is 0.242 e. The lowest BCUT2D eigenvalue weighted by Crippen LogP contribution is -2.40. The molecule has 2 aliphatic rings. The first-order valence-electron chi connectivity index (χ1n) is 12.2. The number of amides is 2. The molecule has 2 amide bonds. The van der Waals surface area contributed by atoms with Crippen molar-refractivity contribution in [3.63, 3.8) is 0 Å². The Morgan fingerprint density at radius 2 is 1.79 bits per heavy atom. The van der Waals surface area contributed by atoms with Gasteiger partial charge in [-0.05, 0) is 55.0 Å². The predicted molar refractivity (Wildman–Crippen MR) is 130 cm³/mol. The van der Waals surface area contributed by atoms with Crippen LogP contribution in [-0.2, 0) is 22.6 Å². The maximum absolute atomic E-state index is 13.2. The fraction of sp³-hybridized carbons (Fsp3) is 0.444. The second-order valence-corrected chi connectivity index (χ2v) is 9.53. The SMILES string of the molecule is CCc1ccc(N2CC(c3nc4ccccc4n3CC(=O)N3CCC(C)CC3)CC2=O)cc1. The van der Waals surface area contributed by atoms with Crippen LogP contribution in [-0.4, -0.2) is 45.9 Å². The molecule has 3 heterocycles. The van der Waals surface area contributed by atoms with Crippen LogP contribution in [0.1, 0.15) is 50.4 Å². The molecule has 2 saturated heterocycles. The molecule has 3 aromatic rings. The van der Waals surface area contributed by atoms with Crippen LogP contribution in [0, 0.1) is 5.92 Å². The molecule has 2 fully saturated rings. The summed E-state index contributed by atoms with van der Waals surface area (Å²) >= 11 is 0. The van der Waals surface area contributed by atoms with Crippen molar-refractivity contribution in [2.45, 2.75) is 52.0 Å². The van der Waals surface area contributed by atoms with Crippen molar-refractivity contribution < 1.29 is 9.59 Å². The summed E-state index contributed by atoms with van der Waals surface area (Å²) in [4.78, 5) is 34.9. The van der Waals surface area contributed by atoms with Gasteiger partial charge in [0.05, 0.1) is 11.0 Å². The molecular weight excluding hydrogens is 412 g/mol. The van der Waals surface area contributed by atoms with Crippen molar-refractivity contribution in [2.24, 2.45) is 5.92 Å². The van der Waals surface area contributed by atoms with Gasteiger partial charge < -0.3 is 14.4 Å². The van der Waals surface area contributed by atoms with E-state index in [2.05, 4.69) is 30.5 Å². The van der Waals surface area contributed by atoms with Crippen LogP contribution >= 0.6 is 0 Å². The summed E-state index contributed by atoms with van der Waals surface area (Å²) in [6.45, 7) is 6.89. The molecule has 2 aliphatic heterocycles. The molecule has 0 radical (unpaired) electrons. The fourth-order valence-corrected chi connectivity index (χ4v) is 5.11. The fourth-order valence-electron chi connectivity index (χ4n) is 5.11. The van der Waals surface area contributed by atoms with Gasteiger partial charge in [0.2, 0.25) is 11.8 Å². The van der Waals surface area contributed by atoms with E-state index in [1.165, 1.54) is 5.56 Å². The second kappa shape index (κ2) is 9.00. The van der Waals surface area contributed by atoms with Gasteiger partial charge in [0, 0.05) is 37.7 Å². The molecule has 0 saturated carbocycles. The van der Waals surface area contributed by atoms with Crippen LogP contribution in [0.15, 0.2) is 48.5 Å². The zero-order valence-corrected chi connectivity index (χ0v) is 19.5. The van der Waals surface area contributed by atoms with E-state index < -0.39 is 0 Å². The Bertz CT molecular complexity index is 1160. The number of benzene rings is 2. The highest BCUT2D eigenvalue weighted by molar-refractivity contribution is 5.96. The van der Waals surface area contributed by atoms with Crippen LogP contribution in [0.2, 0.25) is 0 Å². The Kier molecular flexibility index (Phi) is 5.92. The van der Waals surface area contributed by atoms with Crippen LogP contribution in [0.25, 0.3) is 11.0 Å². The van der Waals surface area contributed by atoms with Gasteiger partial charge in [0.1, 0.15) is 12.4 Å². The lowest BCUT2D eigenvalue weighted by molar-refractivity contribution is -0.133. The number of para-hydroxylation sites is 2. The molecule has 33 heavy (non-hydrogen) atoms. The molecule has 1 atom stereocenters. The lowest BCUT2D eigenvalue weighted by atomic mass is 9.99. The number of piperidine rings is 1. The van der Waals surface area contributed by atoms with Crippen molar-refractivity contribution in [1.82, 2.24) is 14.5 Å². The number of aryl methyl sites for hydroxylation is 1. The summed E-state index contributed by atoms with van der Waals surface area (Å²) < 4.78 is 2.05. The van der Waals surface area contributed by atoms with Crippen molar-refractivity contribution >= 4 is 28.5 Å². The maximum atomic E-state index is 13.2. The normalized spacial score (nSPS) is 19.6. The average Bonchev–Trinajstić information content (AvgIpc) is 3.40. The first kappa shape index (κ1) is 21.7. The molecule has 6 heteroatoms. The topological polar surface area (TPSA) is 58.4 Å². The number of hydrogen-bond donors (Lipinski definition) is 0. The number of rotatable bonds is 5. The van der Waals surface area contributed by atoms with E-state index in [-0.39, 0.29) is 24.3 Å². The minimum absolute atomic E-state index is 0.0371. The van der Waals surface area contributed by atoms with Gasteiger partial charge in [-0.2, -0.15) is 0 Å². The summed E-state index contributed by atoms with van der Waals surface area (Å²) in [5.74, 6) is 1.74. The third-order valence-electron chi connectivity index (χ3n) is 7.26. The van der Waals surface area contributed by atoms with Crippen molar-refractivity contribution in [3.8, 4) is 0 Å². The van der Waals surface area contributed by atoms with E-state index >= 15 is 0 Å². The monoisotopic (exact) mass is 444 g/mol. The zero-order chi connectivity index (χ0) is 22.9. The molecule has 0 bridgehead atoms. The van der Waals surface area contributed by atoms with Crippen LogP contribution in [0.4, 0.5) is 5.69 Å². The van der Waals surface area contributed by atoms with E-state index in [1.807, 2.05) is 46.2 Å². The van der Waals surface area contributed by atoms with E-state index in [0.717, 1.165) is 54.9 Å². The van der Waals surface area contributed by atoms with Gasteiger partial charge in [0.25, 0.3) is 0 Å². The zero-order valence-electron chi connectivity index (χ0n) is 19.5. The van der Waals surface area contributed by atoms with Crippen LogP contribution in [0.5, 0.6) is 0 Å². The highest BCUT2D eigenvalue weighted by Crippen LogP contribution is 2.33. The Hall–Kier alpha value is -3.15. The largest absolute Gasteiger partial charge is 0.341 e. The number of likely N-dealkylation sites (tertiary alicyclic amines) is 1. The number of carbonyl (C=O) groups is 2. The Morgan fingerprint density at radius 1 is 1.06 bits per heavy atom. The average molecular weight is 445 g/mol. The molecule has 0 aliphatic carbocycles. The number of aromatic nitrogens is 2. The summed E-state index contributed by atoms with van der Waals surface area (Å²) in [6.07, 6.45) is 3.51. The predicted octanol–water partition coefficient (Wildman–Crippen LogP) is 4.38. The Morgan fingerprint density at radius 3 is 2.52 bits per heavy atom. The third kappa shape index (κ3) is 4.26. The summed E-state index contributed by atoms with van der Waals surface area (Å²) in [5.41, 5.74) is 4.03. The van der Waals surface area contributed by atoms with Crippen molar-refractivity contribution in [1.29, 1.82) is 0 Å². The van der Waals surface area contributed by atoms with Gasteiger partial charge >= 0.3 is 0 Å². The van der Waals surface area contributed by atoms with Gasteiger partial charge in [-0.3, -0.25) is 9.59 Å². The Balaban J connectivity index is 1.42. The highest BCUT2D eigenvalue weighted by atomic mass is 16.2. The van der Waals surface area contributed by atoms with E-state index in [9.17, 15) is 9.59 Å². The quantitative estimate of drug-likeness (QED) is 0.587. The first-order chi connectivity index (χ1) is 16.0. The summed E-state index contributed by atoms with van der Waals surface area (Å²) in [5, 5.41) is 0. The van der Waals surface area contributed by atoms with Crippen LogP contribution < -0.4 is 4.90 Å². The second-order valence-electron chi connectivity index (χ2n) is 9.53. The number of carbonyl (C=O) groups excluding carboxylic acids is 2. The molecule has 1 aromatic heterocycles. The Labute approximate surface area is 195 Å². The van der Waals surface area contributed by atoms with E-state index in [0.29, 0.717) is 18.9 Å². The minimum Gasteiger partial charge on any atom is -0.341 e.